The number of hydrogen-bond acceptors (Lipinski definition) is 3. The molecule has 2 aromatic rings. The Hall–Kier alpha value is -0.450. The highest BCUT2D eigenvalue weighted by Crippen LogP contribution is 2.28. The fourth-order valence-corrected chi connectivity index (χ4v) is 2.57. The van der Waals surface area contributed by atoms with E-state index < -0.39 is 5.24 Å². The largest absolute Gasteiger partial charge is 0.281 e. The Bertz CT molecular complexity index is 482. The first-order valence-electron chi connectivity index (χ1n) is 3.43. The van der Waals surface area contributed by atoms with E-state index in [1.807, 2.05) is 18.2 Å². The summed E-state index contributed by atoms with van der Waals surface area (Å²) in [5.41, 5.74) is 0.788. The van der Waals surface area contributed by atoms with E-state index in [4.69, 9.17) is 11.6 Å². The minimum absolute atomic E-state index is 0.337. The van der Waals surface area contributed by atoms with Crippen molar-refractivity contribution in [2.75, 3.05) is 0 Å². The van der Waals surface area contributed by atoms with Gasteiger partial charge in [0.1, 0.15) is 0 Å². The first-order valence-corrected chi connectivity index (χ1v) is 5.42. The molecule has 0 spiro atoms. The molecule has 0 radical (unpaired) electrons. The predicted molar refractivity (Wildman–Crippen MR) is 57.5 cm³/mol. The Morgan fingerprint density at radius 1 is 1.54 bits per heavy atom. The zero-order valence-corrected chi connectivity index (χ0v) is 9.41. The van der Waals surface area contributed by atoms with Crippen LogP contribution in [-0.2, 0) is 0 Å². The minimum Gasteiger partial charge on any atom is -0.273 e. The summed E-state index contributed by atoms with van der Waals surface area (Å²) in [5, 5.41) is -0.170. The van der Waals surface area contributed by atoms with E-state index in [1.165, 1.54) is 11.3 Å². The molecular weight excluding hydrogens is 274 g/mol. The van der Waals surface area contributed by atoms with Crippen molar-refractivity contribution in [3.05, 3.63) is 27.7 Å². The minimum atomic E-state index is -0.506. The van der Waals surface area contributed by atoms with Crippen LogP contribution >= 0.6 is 38.9 Å². The van der Waals surface area contributed by atoms with E-state index in [1.54, 1.807) is 0 Å². The number of hydrogen-bond donors (Lipinski definition) is 0. The Kier molecular flexibility index (Phi) is 2.36. The van der Waals surface area contributed by atoms with Gasteiger partial charge in [0.25, 0.3) is 5.24 Å². The van der Waals surface area contributed by atoms with Crippen molar-refractivity contribution in [1.82, 2.24) is 4.98 Å². The van der Waals surface area contributed by atoms with Crippen molar-refractivity contribution >= 4 is 54.3 Å². The number of carbonyl (C=O) groups excluding carboxylic acids is 1. The standard InChI is InChI=1S/C8H3BrClNOS/c9-4-2-1-3-5-6(4)11-8(13-5)7(10)12/h1-3H. The van der Waals surface area contributed by atoms with Gasteiger partial charge in [-0.3, -0.25) is 4.79 Å². The molecule has 0 N–H and O–H groups in total. The number of aromatic nitrogens is 1. The van der Waals surface area contributed by atoms with Crippen molar-refractivity contribution < 1.29 is 4.79 Å². The number of nitrogens with zero attached hydrogens (tertiary/aromatic N) is 1. The second-order valence-electron chi connectivity index (χ2n) is 2.38. The van der Waals surface area contributed by atoms with Crippen LogP contribution in [0, 0.1) is 0 Å². The van der Waals surface area contributed by atoms with Crippen LogP contribution in [0.25, 0.3) is 10.2 Å². The average molecular weight is 277 g/mol. The van der Waals surface area contributed by atoms with Gasteiger partial charge in [0.05, 0.1) is 10.2 Å². The third kappa shape index (κ3) is 1.61. The van der Waals surface area contributed by atoms with E-state index in [0.29, 0.717) is 5.01 Å². The van der Waals surface area contributed by atoms with Crippen molar-refractivity contribution in [1.29, 1.82) is 0 Å². The monoisotopic (exact) mass is 275 g/mol. The second kappa shape index (κ2) is 3.36. The van der Waals surface area contributed by atoms with Crippen LogP contribution in [-0.4, -0.2) is 10.2 Å². The van der Waals surface area contributed by atoms with E-state index in [2.05, 4.69) is 20.9 Å². The van der Waals surface area contributed by atoms with Gasteiger partial charge in [0.15, 0.2) is 5.01 Å². The van der Waals surface area contributed by atoms with Crippen LogP contribution < -0.4 is 0 Å². The molecule has 0 bridgehead atoms. The molecule has 1 aromatic heterocycles. The topological polar surface area (TPSA) is 30.0 Å². The number of benzene rings is 1. The van der Waals surface area contributed by atoms with Gasteiger partial charge in [-0.15, -0.1) is 11.3 Å². The van der Waals surface area contributed by atoms with Crippen LogP contribution in [0.5, 0.6) is 0 Å². The van der Waals surface area contributed by atoms with Crippen LogP contribution in [0.2, 0.25) is 0 Å². The molecule has 5 heteroatoms. The lowest BCUT2D eigenvalue weighted by Gasteiger charge is -1.88. The summed E-state index contributed by atoms with van der Waals surface area (Å²) < 4.78 is 1.84. The zero-order chi connectivity index (χ0) is 9.42. The molecule has 0 saturated heterocycles. The number of carbonyl (C=O) groups is 1. The van der Waals surface area contributed by atoms with Gasteiger partial charge in [-0.25, -0.2) is 4.98 Å². The molecule has 66 valence electrons. The third-order valence-corrected chi connectivity index (χ3v) is 3.49. The van der Waals surface area contributed by atoms with E-state index in [9.17, 15) is 4.79 Å². The Balaban J connectivity index is 2.75. The maximum atomic E-state index is 10.8. The van der Waals surface area contributed by atoms with Gasteiger partial charge in [0.2, 0.25) is 0 Å². The van der Waals surface area contributed by atoms with Gasteiger partial charge in [-0.05, 0) is 39.7 Å². The lowest BCUT2D eigenvalue weighted by molar-refractivity contribution is 0.108. The molecule has 13 heavy (non-hydrogen) atoms. The van der Waals surface area contributed by atoms with E-state index in [0.717, 1.165) is 14.7 Å². The van der Waals surface area contributed by atoms with Crippen molar-refractivity contribution in [2.24, 2.45) is 0 Å². The lowest BCUT2D eigenvalue weighted by atomic mass is 10.3. The molecule has 0 atom stereocenters. The first kappa shape index (κ1) is 9.12. The van der Waals surface area contributed by atoms with Crippen LogP contribution in [0.4, 0.5) is 0 Å². The molecule has 1 aromatic carbocycles. The highest BCUT2D eigenvalue weighted by atomic mass is 79.9. The molecule has 0 saturated carbocycles. The van der Waals surface area contributed by atoms with Gasteiger partial charge in [0, 0.05) is 4.47 Å². The number of thiazole rings is 1. The molecule has 2 nitrogen and oxygen atoms in total. The first-order chi connectivity index (χ1) is 6.18. The highest BCUT2D eigenvalue weighted by molar-refractivity contribution is 9.10. The average Bonchev–Trinajstić information content (AvgIpc) is 2.49. The van der Waals surface area contributed by atoms with Crippen molar-refractivity contribution in [2.45, 2.75) is 0 Å². The Labute approximate surface area is 91.7 Å². The normalized spacial score (nSPS) is 10.6. The molecule has 0 unspecified atom stereocenters. The van der Waals surface area contributed by atoms with Gasteiger partial charge in [-0.2, -0.15) is 0 Å². The van der Waals surface area contributed by atoms with Gasteiger partial charge >= 0.3 is 0 Å². The lowest BCUT2D eigenvalue weighted by Crippen LogP contribution is -1.84. The fraction of sp³-hybridized carbons (Fsp3) is 0. The quantitative estimate of drug-likeness (QED) is 0.747. The summed E-state index contributed by atoms with van der Waals surface area (Å²) >= 11 is 9.97. The molecule has 2 rings (SSSR count). The van der Waals surface area contributed by atoms with Crippen molar-refractivity contribution in [3.63, 3.8) is 0 Å². The Morgan fingerprint density at radius 3 is 2.92 bits per heavy atom. The smallest absolute Gasteiger partial charge is 0.273 e. The fourth-order valence-electron chi connectivity index (χ4n) is 0.999. The summed E-state index contributed by atoms with van der Waals surface area (Å²) in [7, 11) is 0. The third-order valence-electron chi connectivity index (χ3n) is 1.54. The molecule has 0 aliphatic rings. The Morgan fingerprint density at radius 2 is 2.31 bits per heavy atom. The highest BCUT2D eigenvalue weighted by Gasteiger charge is 2.10. The van der Waals surface area contributed by atoms with E-state index in [-0.39, 0.29) is 0 Å². The number of fused-ring (bicyclic) bond motifs is 1. The molecule has 0 aliphatic heterocycles. The number of rotatable bonds is 1. The summed E-state index contributed by atoms with van der Waals surface area (Å²) in [4.78, 5) is 14.9. The summed E-state index contributed by atoms with van der Waals surface area (Å²) in [6.07, 6.45) is 0. The number of para-hydroxylation sites is 1. The van der Waals surface area contributed by atoms with Crippen LogP contribution in [0.1, 0.15) is 9.80 Å². The molecular formula is C8H3BrClNOS. The van der Waals surface area contributed by atoms with Gasteiger partial charge in [-0.1, -0.05) is 6.07 Å². The summed E-state index contributed by atoms with van der Waals surface area (Å²) in [6, 6.07) is 5.68. The van der Waals surface area contributed by atoms with E-state index >= 15 is 0 Å². The molecule has 1 heterocycles. The number of halogens is 2. The maximum absolute atomic E-state index is 10.8. The predicted octanol–water partition coefficient (Wildman–Crippen LogP) is 3.44. The van der Waals surface area contributed by atoms with Gasteiger partial charge < -0.3 is 0 Å². The summed E-state index contributed by atoms with van der Waals surface area (Å²) in [5.74, 6) is 0. The molecule has 0 amide bonds. The maximum Gasteiger partial charge on any atom is 0.281 e. The summed E-state index contributed by atoms with van der Waals surface area (Å²) in [6.45, 7) is 0. The van der Waals surface area contributed by atoms with Crippen LogP contribution in [0.3, 0.4) is 0 Å². The van der Waals surface area contributed by atoms with Crippen molar-refractivity contribution in [3.8, 4) is 0 Å². The molecule has 0 fully saturated rings. The zero-order valence-electron chi connectivity index (χ0n) is 6.25. The van der Waals surface area contributed by atoms with Crippen LogP contribution in [0.15, 0.2) is 22.7 Å². The second-order valence-corrected chi connectivity index (χ2v) is 4.61. The molecule has 0 aliphatic carbocycles. The SMILES string of the molecule is O=C(Cl)c1nc2c(Br)cccc2s1.